The minimum absolute atomic E-state index is 0.507. The number of nitrogens with zero attached hydrogens (tertiary/aromatic N) is 2. The van der Waals surface area contributed by atoms with Crippen molar-refractivity contribution in [1.82, 2.24) is 15.1 Å². The smallest absolute Gasteiger partial charge is 0.0850 e. The normalized spacial score (nSPS) is 12.9. The standard InChI is InChI=1S/C14H26ClN3/c1-5-8-9-11(16-7-3)10-13-14(15)12(6-2)17-18(13)4/h11,16H,5-10H2,1-4H3. The minimum atomic E-state index is 0.507. The molecule has 0 aliphatic carbocycles. The third-order valence-corrected chi connectivity index (χ3v) is 3.78. The van der Waals surface area contributed by atoms with Gasteiger partial charge >= 0.3 is 0 Å². The largest absolute Gasteiger partial charge is 0.314 e. The second-order valence-corrected chi connectivity index (χ2v) is 5.16. The molecule has 1 aromatic rings. The highest BCUT2D eigenvalue weighted by atomic mass is 35.5. The predicted molar refractivity (Wildman–Crippen MR) is 78.3 cm³/mol. The number of rotatable bonds is 8. The van der Waals surface area contributed by atoms with Crippen LogP contribution in [0.25, 0.3) is 0 Å². The lowest BCUT2D eigenvalue weighted by Gasteiger charge is -2.17. The van der Waals surface area contributed by atoms with Gasteiger partial charge in [0.1, 0.15) is 0 Å². The number of likely N-dealkylation sites (N-methyl/N-ethyl adjacent to an activating group) is 1. The molecular weight excluding hydrogens is 246 g/mol. The number of hydrogen-bond donors (Lipinski definition) is 1. The summed E-state index contributed by atoms with van der Waals surface area (Å²) in [7, 11) is 1.99. The lowest BCUT2D eigenvalue weighted by atomic mass is 10.0. The maximum absolute atomic E-state index is 6.40. The summed E-state index contributed by atoms with van der Waals surface area (Å²) in [4.78, 5) is 0. The van der Waals surface area contributed by atoms with Crippen LogP contribution in [-0.2, 0) is 19.9 Å². The molecule has 0 fully saturated rings. The fraction of sp³-hybridized carbons (Fsp3) is 0.786. The molecule has 0 amide bonds. The number of aromatic nitrogens is 2. The Hall–Kier alpha value is -0.540. The van der Waals surface area contributed by atoms with Crippen LogP contribution in [0.3, 0.4) is 0 Å². The zero-order chi connectivity index (χ0) is 13.5. The van der Waals surface area contributed by atoms with Crippen LogP contribution in [0.4, 0.5) is 0 Å². The van der Waals surface area contributed by atoms with Crippen molar-refractivity contribution in [2.75, 3.05) is 6.54 Å². The van der Waals surface area contributed by atoms with E-state index in [2.05, 4.69) is 31.2 Å². The van der Waals surface area contributed by atoms with Crippen LogP contribution in [0.1, 0.15) is 51.4 Å². The van der Waals surface area contributed by atoms with E-state index in [1.807, 2.05) is 11.7 Å². The molecule has 4 heteroatoms. The molecule has 1 rings (SSSR count). The summed E-state index contributed by atoms with van der Waals surface area (Å²) in [5.41, 5.74) is 2.18. The van der Waals surface area contributed by atoms with Gasteiger partial charge in [-0.25, -0.2) is 0 Å². The van der Waals surface area contributed by atoms with Gasteiger partial charge in [-0.2, -0.15) is 5.10 Å². The first-order chi connectivity index (χ1) is 8.63. The third-order valence-electron chi connectivity index (χ3n) is 3.34. The predicted octanol–water partition coefficient (Wildman–Crippen LogP) is 3.35. The highest BCUT2D eigenvalue weighted by Crippen LogP contribution is 2.23. The first-order valence-electron chi connectivity index (χ1n) is 7.07. The molecule has 1 heterocycles. The van der Waals surface area contributed by atoms with Gasteiger partial charge in [-0.15, -0.1) is 0 Å². The Balaban J connectivity index is 2.76. The van der Waals surface area contributed by atoms with Gasteiger partial charge in [0.25, 0.3) is 0 Å². The first-order valence-corrected chi connectivity index (χ1v) is 7.45. The SMILES string of the molecule is CCCCC(Cc1c(Cl)c(CC)nn1C)NCC. The van der Waals surface area contributed by atoms with E-state index in [1.165, 1.54) is 19.3 Å². The number of nitrogens with one attached hydrogen (secondary N) is 1. The molecule has 0 aliphatic rings. The Labute approximate surface area is 116 Å². The van der Waals surface area contributed by atoms with Crippen LogP contribution in [0.5, 0.6) is 0 Å². The van der Waals surface area contributed by atoms with Gasteiger partial charge in [0.15, 0.2) is 0 Å². The molecule has 1 unspecified atom stereocenters. The molecule has 104 valence electrons. The molecule has 3 nitrogen and oxygen atoms in total. The number of hydrogen-bond acceptors (Lipinski definition) is 2. The minimum Gasteiger partial charge on any atom is -0.314 e. The van der Waals surface area contributed by atoms with Gasteiger partial charge in [0.2, 0.25) is 0 Å². The van der Waals surface area contributed by atoms with E-state index in [9.17, 15) is 0 Å². The maximum atomic E-state index is 6.40. The lowest BCUT2D eigenvalue weighted by Crippen LogP contribution is -2.31. The van der Waals surface area contributed by atoms with E-state index in [1.54, 1.807) is 0 Å². The summed E-state index contributed by atoms with van der Waals surface area (Å²) >= 11 is 6.40. The fourth-order valence-corrected chi connectivity index (χ4v) is 2.66. The van der Waals surface area contributed by atoms with Crippen LogP contribution in [0.2, 0.25) is 5.02 Å². The average Bonchev–Trinajstić information content (AvgIpc) is 2.63. The molecule has 0 radical (unpaired) electrons. The Morgan fingerprint density at radius 2 is 2.06 bits per heavy atom. The lowest BCUT2D eigenvalue weighted by molar-refractivity contribution is 0.462. The molecule has 0 aromatic carbocycles. The van der Waals surface area contributed by atoms with Gasteiger partial charge in [0.05, 0.1) is 16.4 Å². The molecular formula is C14H26ClN3. The highest BCUT2D eigenvalue weighted by Gasteiger charge is 2.17. The van der Waals surface area contributed by atoms with E-state index in [-0.39, 0.29) is 0 Å². The van der Waals surface area contributed by atoms with Crippen LogP contribution in [-0.4, -0.2) is 22.4 Å². The number of aryl methyl sites for hydroxylation is 2. The second-order valence-electron chi connectivity index (χ2n) is 4.79. The summed E-state index contributed by atoms with van der Waals surface area (Å²) in [6.45, 7) is 7.48. The number of unbranched alkanes of at least 4 members (excludes halogenated alkanes) is 1. The van der Waals surface area contributed by atoms with Crippen molar-refractivity contribution in [3.63, 3.8) is 0 Å². The van der Waals surface area contributed by atoms with Crippen LogP contribution in [0.15, 0.2) is 0 Å². The quantitative estimate of drug-likeness (QED) is 0.786. The van der Waals surface area contributed by atoms with E-state index < -0.39 is 0 Å². The van der Waals surface area contributed by atoms with Crippen molar-refractivity contribution in [3.05, 3.63) is 16.4 Å². The van der Waals surface area contributed by atoms with Crippen LogP contribution in [0, 0.1) is 0 Å². The highest BCUT2D eigenvalue weighted by molar-refractivity contribution is 6.31. The Bertz CT molecular complexity index is 360. The van der Waals surface area contributed by atoms with Crippen molar-refractivity contribution in [2.24, 2.45) is 7.05 Å². The van der Waals surface area contributed by atoms with E-state index in [0.29, 0.717) is 6.04 Å². The van der Waals surface area contributed by atoms with Crippen LogP contribution < -0.4 is 5.32 Å². The van der Waals surface area contributed by atoms with Gasteiger partial charge in [-0.1, -0.05) is 45.2 Å². The molecule has 0 bridgehead atoms. The Morgan fingerprint density at radius 3 is 2.56 bits per heavy atom. The molecule has 1 N–H and O–H groups in total. The van der Waals surface area contributed by atoms with Crippen molar-refractivity contribution in [3.8, 4) is 0 Å². The molecule has 0 saturated heterocycles. The van der Waals surface area contributed by atoms with Gasteiger partial charge in [-0.3, -0.25) is 4.68 Å². The summed E-state index contributed by atoms with van der Waals surface area (Å²) in [5.74, 6) is 0. The second kappa shape index (κ2) is 7.80. The van der Waals surface area contributed by atoms with Crippen molar-refractivity contribution in [2.45, 2.75) is 58.9 Å². The molecule has 0 spiro atoms. The third kappa shape index (κ3) is 3.99. The molecule has 18 heavy (non-hydrogen) atoms. The maximum Gasteiger partial charge on any atom is 0.0850 e. The van der Waals surface area contributed by atoms with Gasteiger partial charge in [0, 0.05) is 19.5 Å². The van der Waals surface area contributed by atoms with Crippen molar-refractivity contribution < 1.29 is 0 Å². The Morgan fingerprint density at radius 1 is 1.33 bits per heavy atom. The van der Waals surface area contributed by atoms with Gasteiger partial charge in [-0.05, 0) is 19.4 Å². The van der Waals surface area contributed by atoms with Crippen LogP contribution >= 0.6 is 11.6 Å². The zero-order valence-corrected chi connectivity index (χ0v) is 12.8. The summed E-state index contributed by atoms with van der Waals surface area (Å²) < 4.78 is 1.94. The molecule has 1 aromatic heterocycles. The van der Waals surface area contributed by atoms with E-state index >= 15 is 0 Å². The molecule has 1 atom stereocenters. The van der Waals surface area contributed by atoms with Crippen molar-refractivity contribution >= 4 is 11.6 Å². The van der Waals surface area contributed by atoms with Gasteiger partial charge < -0.3 is 5.32 Å². The summed E-state index contributed by atoms with van der Waals surface area (Å²) in [6, 6.07) is 0.507. The first kappa shape index (κ1) is 15.5. The summed E-state index contributed by atoms with van der Waals surface area (Å²) in [6.07, 6.45) is 5.56. The summed E-state index contributed by atoms with van der Waals surface area (Å²) in [5, 5.41) is 8.89. The van der Waals surface area contributed by atoms with Crippen molar-refractivity contribution in [1.29, 1.82) is 0 Å². The van der Waals surface area contributed by atoms with E-state index in [0.717, 1.165) is 35.8 Å². The molecule has 0 saturated carbocycles. The monoisotopic (exact) mass is 271 g/mol. The average molecular weight is 272 g/mol. The Kier molecular flexibility index (Phi) is 6.72. The fourth-order valence-electron chi connectivity index (χ4n) is 2.29. The molecule has 0 aliphatic heterocycles. The number of halogens is 1. The van der Waals surface area contributed by atoms with E-state index in [4.69, 9.17) is 11.6 Å². The topological polar surface area (TPSA) is 29.9 Å². The zero-order valence-electron chi connectivity index (χ0n) is 12.1.